The second-order valence-corrected chi connectivity index (χ2v) is 11.2. The first-order valence-corrected chi connectivity index (χ1v) is 13.7. The van der Waals surface area contributed by atoms with Crippen molar-refractivity contribution in [3.05, 3.63) is 23.2 Å². The lowest BCUT2D eigenvalue weighted by atomic mass is 9.97. The standard InChI is InChI=1S/C23H35ClN4O4S/c1-2-3-11-25-23(30)18-7-6-12-27(17-18)15-10-22(29)26-21-16-19(8-9-20(21)24)33(31,32)28-13-4-5-14-28/h8-9,16,18H,2-7,10-15,17H2,1H3,(H,25,30)(H,26,29). The molecule has 2 amide bonds. The fourth-order valence-electron chi connectivity index (χ4n) is 4.32. The van der Waals surface area contributed by atoms with Gasteiger partial charge in [0.05, 0.1) is 21.5 Å². The number of nitrogens with one attached hydrogen (secondary N) is 2. The van der Waals surface area contributed by atoms with Crippen LogP contribution in [0, 0.1) is 5.92 Å². The largest absolute Gasteiger partial charge is 0.356 e. The summed E-state index contributed by atoms with van der Waals surface area (Å²) in [4.78, 5) is 27.2. The van der Waals surface area contributed by atoms with E-state index in [9.17, 15) is 18.0 Å². The Morgan fingerprint density at radius 1 is 1.15 bits per heavy atom. The number of benzene rings is 1. The molecule has 2 heterocycles. The quantitative estimate of drug-likeness (QED) is 0.483. The Balaban J connectivity index is 1.53. The van der Waals surface area contributed by atoms with Gasteiger partial charge in [0.25, 0.3) is 0 Å². The Bertz CT molecular complexity index is 934. The first kappa shape index (κ1) is 25.9. The van der Waals surface area contributed by atoms with Gasteiger partial charge in [-0.25, -0.2) is 8.42 Å². The van der Waals surface area contributed by atoms with Gasteiger partial charge in [0.2, 0.25) is 21.8 Å². The van der Waals surface area contributed by atoms with Gasteiger partial charge in [-0.3, -0.25) is 9.59 Å². The zero-order valence-electron chi connectivity index (χ0n) is 19.3. The predicted molar refractivity (Wildman–Crippen MR) is 130 cm³/mol. The van der Waals surface area contributed by atoms with Crippen molar-refractivity contribution in [2.75, 3.05) is 44.6 Å². The lowest BCUT2D eigenvalue weighted by Gasteiger charge is -2.31. The highest BCUT2D eigenvalue weighted by molar-refractivity contribution is 7.89. The normalized spacial score (nSPS) is 20.0. The van der Waals surface area contributed by atoms with Crippen LogP contribution in [0.4, 0.5) is 5.69 Å². The number of sulfonamides is 1. The molecule has 1 aromatic rings. The number of halogens is 1. The Morgan fingerprint density at radius 3 is 2.64 bits per heavy atom. The van der Waals surface area contributed by atoms with Gasteiger partial charge < -0.3 is 15.5 Å². The van der Waals surface area contributed by atoms with Crippen LogP contribution in [0.15, 0.2) is 23.1 Å². The fourth-order valence-corrected chi connectivity index (χ4v) is 6.02. The second kappa shape index (κ2) is 12.1. The van der Waals surface area contributed by atoms with Gasteiger partial charge in [-0.2, -0.15) is 4.31 Å². The average molecular weight is 499 g/mol. The van der Waals surface area contributed by atoms with E-state index in [-0.39, 0.29) is 29.0 Å². The SMILES string of the molecule is CCCCNC(=O)C1CCCN(CCC(=O)Nc2cc(S(=O)(=O)N3CCCC3)ccc2Cl)C1. The molecule has 2 N–H and O–H groups in total. The third-order valence-electron chi connectivity index (χ3n) is 6.28. The van der Waals surface area contributed by atoms with Gasteiger partial charge in [-0.1, -0.05) is 24.9 Å². The predicted octanol–water partition coefficient (Wildman–Crippen LogP) is 3.08. The maximum absolute atomic E-state index is 12.8. The summed E-state index contributed by atoms with van der Waals surface area (Å²) >= 11 is 6.23. The Labute approximate surface area is 202 Å². The van der Waals surface area contributed by atoms with Crippen molar-refractivity contribution in [1.82, 2.24) is 14.5 Å². The van der Waals surface area contributed by atoms with E-state index in [1.807, 2.05) is 0 Å². The molecule has 184 valence electrons. The molecule has 2 aliphatic heterocycles. The Hall–Kier alpha value is -1.68. The van der Waals surface area contributed by atoms with Gasteiger partial charge in [0.15, 0.2) is 0 Å². The maximum Gasteiger partial charge on any atom is 0.243 e. The van der Waals surface area contributed by atoms with E-state index < -0.39 is 10.0 Å². The molecular formula is C23H35ClN4O4S. The van der Waals surface area contributed by atoms with Crippen molar-refractivity contribution >= 4 is 39.1 Å². The van der Waals surface area contributed by atoms with E-state index in [2.05, 4.69) is 22.5 Å². The molecule has 3 rings (SSSR count). The van der Waals surface area contributed by atoms with Crippen LogP contribution < -0.4 is 10.6 Å². The number of rotatable bonds is 10. The highest BCUT2D eigenvalue weighted by atomic mass is 35.5. The molecule has 1 atom stereocenters. The van der Waals surface area contributed by atoms with Crippen LogP contribution in [0.25, 0.3) is 0 Å². The van der Waals surface area contributed by atoms with E-state index in [4.69, 9.17) is 11.6 Å². The maximum atomic E-state index is 12.8. The lowest BCUT2D eigenvalue weighted by Crippen LogP contribution is -2.44. The van der Waals surface area contributed by atoms with Gasteiger partial charge >= 0.3 is 0 Å². The number of carbonyl (C=O) groups excluding carboxylic acids is 2. The summed E-state index contributed by atoms with van der Waals surface area (Å²) in [5.74, 6) is -0.178. The molecule has 0 aliphatic carbocycles. The molecule has 0 aromatic heterocycles. The number of unbranched alkanes of at least 4 members (excludes halogenated alkanes) is 1. The monoisotopic (exact) mass is 498 g/mol. The second-order valence-electron chi connectivity index (χ2n) is 8.84. The third kappa shape index (κ3) is 7.15. The number of carbonyl (C=O) groups is 2. The molecule has 0 spiro atoms. The van der Waals surface area contributed by atoms with Crippen LogP contribution in [0.2, 0.25) is 5.02 Å². The van der Waals surface area contributed by atoms with Crippen molar-refractivity contribution in [1.29, 1.82) is 0 Å². The summed E-state index contributed by atoms with van der Waals surface area (Å²) in [6.45, 7) is 5.87. The van der Waals surface area contributed by atoms with Crippen LogP contribution in [0.1, 0.15) is 51.9 Å². The van der Waals surface area contributed by atoms with E-state index in [0.29, 0.717) is 43.4 Å². The van der Waals surface area contributed by atoms with E-state index >= 15 is 0 Å². The Kier molecular flexibility index (Phi) is 9.55. The molecule has 10 heteroatoms. The smallest absolute Gasteiger partial charge is 0.243 e. The first-order chi connectivity index (χ1) is 15.8. The summed E-state index contributed by atoms with van der Waals surface area (Å²) < 4.78 is 27.1. The van der Waals surface area contributed by atoms with Gasteiger partial charge in [0.1, 0.15) is 0 Å². The number of hydrogen-bond acceptors (Lipinski definition) is 5. The van der Waals surface area contributed by atoms with Crippen molar-refractivity contribution in [2.24, 2.45) is 5.92 Å². The van der Waals surface area contributed by atoms with E-state index in [0.717, 1.165) is 45.1 Å². The molecule has 2 aliphatic rings. The van der Waals surface area contributed by atoms with E-state index in [1.54, 1.807) is 0 Å². The zero-order chi connectivity index (χ0) is 23.8. The minimum atomic E-state index is -3.59. The third-order valence-corrected chi connectivity index (χ3v) is 8.50. The number of anilines is 1. The van der Waals surface area contributed by atoms with Gasteiger partial charge in [0, 0.05) is 39.1 Å². The van der Waals surface area contributed by atoms with Crippen LogP contribution >= 0.6 is 11.6 Å². The number of amides is 2. The minimum Gasteiger partial charge on any atom is -0.356 e. The molecule has 8 nitrogen and oxygen atoms in total. The van der Waals surface area contributed by atoms with Crippen molar-refractivity contribution in [3.63, 3.8) is 0 Å². The molecular weight excluding hydrogens is 464 g/mol. The molecule has 33 heavy (non-hydrogen) atoms. The van der Waals surface area contributed by atoms with Crippen molar-refractivity contribution < 1.29 is 18.0 Å². The van der Waals surface area contributed by atoms with E-state index in [1.165, 1.54) is 22.5 Å². The molecule has 0 bridgehead atoms. The van der Waals surface area contributed by atoms with Crippen molar-refractivity contribution in [2.45, 2.75) is 56.8 Å². The van der Waals surface area contributed by atoms with Crippen LogP contribution in [0.5, 0.6) is 0 Å². The molecule has 1 unspecified atom stereocenters. The number of nitrogens with zero attached hydrogens (tertiary/aromatic N) is 2. The first-order valence-electron chi connectivity index (χ1n) is 11.9. The summed E-state index contributed by atoms with van der Waals surface area (Å²) in [7, 11) is -3.59. The zero-order valence-corrected chi connectivity index (χ0v) is 20.9. The van der Waals surface area contributed by atoms with Crippen LogP contribution in [-0.2, 0) is 19.6 Å². The van der Waals surface area contributed by atoms with Gasteiger partial charge in [-0.05, 0) is 56.8 Å². The van der Waals surface area contributed by atoms with Crippen LogP contribution in [-0.4, -0.2) is 68.7 Å². The number of likely N-dealkylation sites (tertiary alicyclic amines) is 1. The highest BCUT2D eigenvalue weighted by Crippen LogP contribution is 2.28. The average Bonchev–Trinajstić information content (AvgIpc) is 3.35. The number of piperidine rings is 1. The summed E-state index contributed by atoms with van der Waals surface area (Å²) in [6, 6.07) is 4.42. The highest BCUT2D eigenvalue weighted by Gasteiger charge is 2.28. The lowest BCUT2D eigenvalue weighted by molar-refractivity contribution is -0.126. The Morgan fingerprint density at radius 2 is 1.91 bits per heavy atom. The number of hydrogen-bond donors (Lipinski definition) is 2. The molecule has 2 fully saturated rings. The minimum absolute atomic E-state index is 0.0411. The topological polar surface area (TPSA) is 98.8 Å². The fraction of sp³-hybridized carbons (Fsp3) is 0.652. The molecule has 0 radical (unpaired) electrons. The summed E-state index contributed by atoms with van der Waals surface area (Å²) in [5.41, 5.74) is 0.300. The molecule has 1 aromatic carbocycles. The molecule has 0 saturated carbocycles. The summed E-state index contributed by atoms with van der Waals surface area (Å²) in [5, 5.41) is 6.06. The van der Waals surface area contributed by atoms with Crippen molar-refractivity contribution in [3.8, 4) is 0 Å². The van der Waals surface area contributed by atoms with Gasteiger partial charge in [-0.15, -0.1) is 0 Å². The molecule has 2 saturated heterocycles. The summed E-state index contributed by atoms with van der Waals surface area (Å²) in [6.07, 6.45) is 5.77. The van der Waals surface area contributed by atoms with Crippen LogP contribution in [0.3, 0.4) is 0 Å².